The van der Waals surface area contributed by atoms with Crippen molar-refractivity contribution in [2.45, 2.75) is 0 Å². The molecule has 0 amide bonds. The zero-order valence-electron chi connectivity index (χ0n) is 42.3. The fourth-order valence-corrected chi connectivity index (χ4v) is 25.9. The van der Waals surface area contributed by atoms with Gasteiger partial charge in [-0.05, 0) is 90.7 Å². The third kappa shape index (κ3) is 12.4. The van der Waals surface area contributed by atoms with Crippen LogP contribution >= 0.6 is 15.8 Å². The van der Waals surface area contributed by atoms with E-state index in [0.717, 1.165) is 11.1 Å². The van der Waals surface area contributed by atoms with E-state index in [1.165, 1.54) is 80.4 Å². The molecular formula is C71H55Au2P2Si2+2. The van der Waals surface area contributed by atoms with Crippen LogP contribution in [-0.4, -0.2) is 22.8 Å². The van der Waals surface area contributed by atoms with Crippen LogP contribution in [0.1, 0.15) is 11.1 Å². The molecular weight excluding hydrogens is 1360 g/mol. The van der Waals surface area contributed by atoms with Crippen LogP contribution in [-0.2, 0) is 44.8 Å². The Labute approximate surface area is 493 Å². The second-order valence-electron chi connectivity index (χ2n) is 18.3. The van der Waals surface area contributed by atoms with Crippen LogP contribution in [0, 0.1) is 24.7 Å². The van der Waals surface area contributed by atoms with Crippen molar-refractivity contribution in [3.8, 4) is 34.1 Å². The van der Waals surface area contributed by atoms with Gasteiger partial charge in [0, 0.05) is 0 Å². The molecule has 0 fully saturated rings. The molecule has 0 N–H and O–H groups in total. The van der Waals surface area contributed by atoms with E-state index in [9.17, 15) is 0 Å². The molecule has 0 aromatic heterocycles. The molecule has 10 aromatic rings. The van der Waals surface area contributed by atoms with Gasteiger partial charge in [-0.25, -0.2) is 0 Å². The Morgan fingerprint density at radius 2 is 0.870 bits per heavy atom. The molecule has 0 saturated heterocycles. The van der Waals surface area contributed by atoms with Gasteiger partial charge >= 0.3 is 44.8 Å². The third-order valence-electron chi connectivity index (χ3n) is 14.0. The Morgan fingerprint density at radius 3 is 1.44 bits per heavy atom. The van der Waals surface area contributed by atoms with E-state index in [1.54, 1.807) is 0 Å². The molecule has 12 rings (SSSR count). The van der Waals surface area contributed by atoms with E-state index < -0.39 is 32.7 Å². The largest absolute Gasteiger partial charge is 1.00 e. The molecule has 2 aliphatic heterocycles. The number of hydrogen-bond donors (Lipinski definition) is 0. The van der Waals surface area contributed by atoms with Crippen molar-refractivity contribution in [3.05, 3.63) is 328 Å². The zero-order valence-corrected chi connectivity index (χ0v) is 50.6. The third-order valence-corrected chi connectivity index (χ3v) is 28.4. The van der Waals surface area contributed by atoms with Gasteiger partial charge in [0.2, 0.25) is 0 Å². The number of allylic oxidation sites excluding steroid dienone is 4. The summed E-state index contributed by atoms with van der Waals surface area (Å²) in [5, 5.41) is 14.3. The van der Waals surface area contributed by atoms with Gasteiger partial charge in [-0.1, -0.05) is 241 Å². The fraction of sp³-hybridized carbons (Fsp3) is 0.0141. The topological polar surface area (TPSA) is 0 Å². The van der Waals surface area contributed by atoms with Gasteiger partial charge in [0.05, 0.1) is 19.0 Å². The minimum atomic E-state index is -2.40. The van der Waals surface area contributed by atoms with Crippen LogP contribution in [0.5, 0.6) is 0 Å². The second-order valence-corrected chi connectivity index (χ2v) is 30.0. The van der Waals surface area contributed by atoms with Crippen LogP contribution in [0.15, 0.2) is 304 Å². The van der Waals surface area contributed by atoms with Crippen LogP contribution in [0.3, 0.4) is 0 Å². The summed E-state index contributed by atoms with van der Waals surface area (Å²) >= 11 is 0. The van der Waals surface area contributed by atoms with E-state index in [4.69, 9.17) is 12.8 Å². The quantitative estimate of drug-likeness (QED) is 0.0398. The molecule has 0 nitrogen and oxygen atoms in total. The average Bonchev–Trinajstić information content (AvgIpc) is 3.98. The second kappa shape index (κ2) is 27.6. The Morgan fingerprint density at radius 1 is 0.416 bits per heavy atom. The van der Waals surface area contributed by atoms with Gasteiger partial charge in [0.1, 0.15) is 18.5 Å². The van der Waals surface area contributed by atoms with Gasteiger partial charge in [0.15, 0.2) is 22.8 Å². The van der Waals surface area contributed by atoms with Crippen molar-refractivity contribution in [2.75, 3.05) is 5.90 Å². The van der Waals surface area contributed by atoms with Crippen LogP contribution in [0.2, 0.25) is 0 Å². The summed E-state index contributed by atoms with van der Waals surface area (Å²) in [6.07, 6.45) is 23.1. The average molecular weight is 1420 g/mol. The number of benzene rings is 10. The summed E-state index contributed by atoms with van der Waals surface area (Å²) in [6.45, 7) is 3.76. The smallest absolute Gasteiger partial charge is 0.366 e. The van der Waals surface area contributed by atoms with E-state index in [0.29, 0.717) is 0 Å². The first kappa shape index (κ1) is 56.5. The summed E-state index contributed by atoms with van der Waals surface area (Å²) in [4.78, 5) is 0. The SMILES string of the molecule is C=C/C=C\C=C\[PH+](C[PH+](c1ccccc1)c1ccccc1)c1ccccc1.[Au+].[Au+].[C-]#Cc1ccc2c(c1)-c1ccccc1[Si]2c1ccccc1.[C-]#Cc1ccc2c(c1)[Si](c1ccccc1)(c1ccccc1)c1ccccc1-2. The first-order valence-corrected chi connectivity index (χ1v) is 32.3. The van der Waals surface area contributed by atoms with Gasteiger partial charge in [-0.15, -0.1) is 35.4 Å². The normalized spacial score (nSPS) is 12.6. The molecule has 77 heavy (non-hydrogen) atoms. The first-order chi connectivity index (χ1) is 37.1. The molecule has 0 aliphatic carbocycles. The summed E-state index contributed by atoms with van der Waals surface area (Å²) in [6, 6.07) is 95.8. The van der Waals surface area contributed by atoms with Crippen LogP contribution < -0.4 is 52.2 Å². The number of fused-ring (bicyclic) bond motifs is 6. The molecule has 0 spiro atoms. The predicted octanol–water partition coefficient (Wildman–Crippen LogP) is 10.7. The molecule has 377 valence electrons. The molecule has 1 atom stereocenters. The van der Waals surface area contributed by atoms with E-state index >= 15 is 0 Å². The van der Waals surface area contributed by atoms with Gasteiger partial charge in [-0.2, -0.15) is 0 Å². The summed E-state index contributed by atoms with van der Waals surface area (Å²) < 4.78 is 0. The Balaban J connectivity index is 0.000000152. The molecule has 10 aromatic carbocycles. The summed E-state index contributed by atoms with van der Waals surface area (Å²) in [5.41, 5.74) is 6.90. The maximum absolute atomic E-state index is 7.67. The molecule has 1 radical (unpaired) electrons. The van der Waals surface area contributed by atoms with Crippen molar-refractivity contribution < 1.29 is 44.8 Å². The monoisotopic (exact) mass is 1420 g/mol. The Bertz CT molecular complexity index is 3610. The molecule has 2 heterocycles. The van der Waals surface area contributed by atoms with Gasteiger partial charge in [0.25, 0.3) is 0 Å². The van der Waals surface area contributed by atoms with Gasteiger partial charge in [-0.3, -0.25) is 11.8 Å². The predicted molar refractivity (Wildman–Crippen MR) is 333 cm³/mol. The Kier molecular flexibility index (Phi) is 20.2. The minimum absolute atomic E-state index is 0. The maximum atomic E-state index is 7.67. The van der Waals surface area contributed by atoms with Crippen molar-refractivity contribution >= 4 is 84.9 Å². The van der Waals surface area contributed by atoms with Crippen LogP contribution in [0.25, 0.3) is 22.3 Å². The standard InChI is InChI=1S/C26H17Si.C25H24P2.C20H12Si.2Au/c1-2-20-17-18-24-23-15-9-10-16-25(23)27(26(24)19-20,21-11-5-3-6-12-21)22-13-7-4-8-14-22;1-2-3-4-14-21-26(23-15-8-5-9-16-23)22-27(24-17-10-6-11-18-24)25-19-12-7-13-20-25;1-2-15-12-13-20-18(14-15)17-10-6-7-11-19(17)21(20)16-8-4-3-5-9-16;;/h3-19H;2-21H,1,22H2;3-14H;;/q-1;;-1;2*+1/p+2/b;4-3-,21-14+;;;. The number of hydrogen-bond acceptors (Lipinski definition) is 0. The molecule has 6 heteroatoms. The van der Waals surface area contributed by atoms with Gasteiger partial charge < -0.3 is 12.8 Å². The Hall–Kier alpha value is -6.69. The van der Waals surface area contributed by atoms with Crippen molar-refractivity contribution in [1.29, 1.82) is 0 Å². The zero-order chi connectivity index (χ0) is 51.2. The number of rotatable bonds is 11. The van der Waals surface area contributed by atoms with E-state index in [2.05, 4.69) is 291 Å². The molecule has 1 unspecified atom stereocenters. The van der Waals surface area contributed by atoms with Crippen molar-refractivity contribution in [3.63, 3.8) is 0 Å². The first-order valence-electron chi connectivity index (χ1n) is 25.3. The minimum Gasteiger partial charge on any atom is -0.366 e. The van der Waals surface area contributed by atoms with Crippen molar-refractivity contribution in [1.82, 2.24) is 0 Å². The fourth-order valence-electron chi connectivity index (χ4n) is 10.6. The molecule has 2 aliphatic rings. The van der Waals surface area contributed by atoms with Crippen LogP contribution in [0.4, 0.5) is 0 Å². The maximum Gasteiger partial charge on any atom is 1.00 e. The van der Waals surface area contributed by atoms with Crippen molar-refractivity contribution in [2.24, 2.45) is 0 Å². The molecule has 0 bridgehead atoms. The molecule has 0 saturated carbocycles. The van der Waals surface area contributed by atoms with E-state index in [-0.39, 0.29) is 44.8 Å². The summed E-state index contributed by atoms with van der Waals surface area (Å²) in [7, 11) is -4.97. The summed E-state index contributed by atoms with van der Waals surface area (Å²) in [5.74, 6) is 8.75. The van der Waals surface area contributed by atoms with E-state index in [1.807, 2.05) is 24.3 Å².